The number of ether oxygens (including phenoxy) is 1. The second-order valence-corrected chi connectivity index (χ2v) is 8.29. The van der Waals surface area contributed by atoms with Crippen LogP contribution in [0, 0.1) is 6.92 Å². The maximum Gasteiger partial charge on any atom is 0.282 e. The van der Waals surface area contributed by atoms with Crippen LogP contribution in [0.5, 0.6) is 5.75 Å². The largest absolute Gasteiger partial charge is 0.497 e. The van der Waals surface area contributed by atoms with Crippen LogP contribution in [0.25, 0.3) is 5.57 Å². The van der Waals surface area contributed by atoms with Crippen LogP contribution in [0.15, 0.2) is 48.2 Å². The van der Waals surface area contributed by atoms with E-state index in [0.717, 1.165) is 5.56 Å². The van der Waals surface area contributed by atoms with Gasteiger partial charge in [0.05, 0.1) is 25.0 Å². The highest BCUT2D eigenvalue weighted by Crippen LogP contribution is 2.36. The maximum absolute atomic E-state index is 13.6. The number of carbonyl (C=O) groups is 2. The number of anilines is 1. The number of nitrogens with zero attached hydrogens (tertiary/aromatic N) is 3. The van der Waals surface area contributed by atoms with E-state index in [1.807, 2.05) is 11.8 Å². The third-order valence-electron chi connectivity index (χ3n) is 5.96. The molecular weight excluding hydrogens is 430 g/mol. The molecule has 0 aromatic heterocycles. The van der Waals surface area contributed by atoms with Crippen molar-refractivity contribution in [2.24, 2.45) is 0 Å². The molecule has 7 nitrogen and oxygen atoms in total. The van der Waals surface area contributed by atoms with Gasteiger partial charge in [0.15, 0.2) is 0 Å². The van der Waals surface area contributed by atoms with E-state index in [1.54, 1.807) is 49.6 Å². The highest BCUT2D eigenvalue weighted by molar-refractivity contribution is 6.45. The zero-order valence-corrected chi connectivity index (χ0v) is 18.9. The number of β-amino-alcohol motifs (C(OH)–C–C–N with tert-alkyl or cyclic N) is 1. The fourth-order valence-corrected chi connectivity index (χ4v) is 4.30. The van der Waals surface area contributed by atoms with Gasteiger partial charge >= 0.3 is 0 Å². The molecule has 2 aliphatic rings. The number of halogens is 1. The minimum Gasteiger partial charge on any atom is -0.497 e. The molecule has 1 fully saturated rings. The standard InChI is InChI=1S/C24H26ClN3O4/c1-16-3-6-18(15-20(16)25)28-23(30)21(17-4-7-19(32-2)8-5-17)22(24(28)31)27-11-9-26(10-12-27)13-14-29/h3-8,15,29H,9-14H2,1-2H3. The number of benzene rings is 2. The van der Waals surface area contributed by atoms with Gasteiger partial charge < -0.3 is 14.7 Å². The fraction of sp³-hybridized carbons (Fsp3) is 0.333. The Morgan fingerprint density at radius 1 is 1.00 bits per heavy atom. The van der Waals surface area contributed by atoms with Crippen LogP contribution in [0.3, 0.4) is 0 Å². The monoisotopic (exact) mass is 455 g/mol. The number of aliphatic hydroxyl groups is 1. The molecule has 0 unspecified atom stereocenters. The van der Waals surface area contributed by atoms with E-state index in [4.69, 9.17) is 16.3 Å². The SMILES string of the molecule is COc1ccc(C2=C(N3CCN(CCO)CC3)C(=O)N(c3ccc(C)c(Cl)c3)C2=O)cc1. The van der Waals surface area contributed by atoms with E-state index in [9.17, 15) is 14.7 Å². The van der Waals surface area contributed by atoms with Gasteiger partial charge in [-0.25, -0.2) is 4.90 Å². The molecule has 0 bridgehead atoms. The average Bonchev–Trinajstić information content (AvgIpc) is 3.06. The van der Waals surface area contributed by atoms with Crippen LogP contribution in [0.1, 0.15) is 11.1 Å². The molecular formula is C24H26ClN3O4. The molecule has 2 amide bonds. The van der Waals surface area contributed by atoms with Gasteiger partial charge in [-0.05, 0) is 42.3 Å². The lowest BCUT2D eigenvalue weighted by Gasteiger charge is -2.36. The van der Waals surface area contributed by atoms with Crippen LogP contribution in [-0.4, -0.2) is 73.2 Å². The first kappa shape index (κ1) is 22.3. The van der Waals surface area contributed by atoms with Crippen LogP contribution in [0.4, 0.5) is 5.69 Å². The zero-order valence-electron chi connectivity index (χ0n) is 18.2. The lowest BCUT2D eigenvalue weighted by molar-refractivity contribution is -0.120. The van der Waals surface area contributed by atoms with Crippen molar-refractivity contribution in [2.75, 3.05) is 51.3 Å². The lowest BCUT2D eigenvalue weighted by Crippen LogP contribution is -2.48. The molecule has 2 aromatic carbocycles. The predicted octanol–water partition coefficient (Wildman–Crippen LogP) is 2.55. The quantitative estimate of drug-likeness (QED) is 0.675. The van der Waals surface area contributed by atoms with Gasteiger partial charge in [0.1, 0.15) is 11.4 Å². The van der Waals surface area contributed by atoms with Crippen molar-refractivity contribution >= 4 is 34.7 Å². The molecule has 2 aliphatic heterocycles. The number of rotatable bonds is 6. The first-order valence-electron chi connectivity index (χ1n) is 10.6. The van der Waals surface area contributed by atoms with Gasteiger partial charge in [0.25, 0.3) is 11.8 Å². The number of aryl methyl sites for hydroxylation is 1. The summed E-state index contributed by atoms with van der Waals surface area (Å²) in [4.78, 5) is 32.5. The van der Waals surface area contributed by atoms with Crippen molar-refractivity contribution in [1.29, 1.82) is 0 Å². The summed E-state index contributed by atoms with van der Waals surface area (Å²) >= 11 is 6.29. The van der Waals surface area contributed by atoms with Crippen LogP contribution in [-0.2, 0) is 9.59 Å². The first-order valence-corrected chi connectivity index (χ1v) is 10.9. The normalized spacial score (nSPS) is 17.5. The van der Waals surface area contributed by atoms with E-state index in [2.05, 4.69) is 4.90 Å². The summed E-state index contributed by atoms with van der Waals surface area (Å²) in [7, 11) is 1.58. The molecule has 0 radical (unpaired) electrons. The summed E-state index contributed by atoms with van der Waals surface area (Å²) < 4.78 is 5.24. The molecule has 32 heavy (non-hydrogen) atoms. The van der Waals surface area contributed by atoms with Gasteiger partial charge in [-0.3, -0.25) is 14.5 Å². The molecule has 2 aromatic rings. The fourth-order valence-electron chi connectivity index (χ4n) is 4.12. The van der Waals surface area contributed by atoms with E-state index in [0.29, 0.717) is 66.0 Å². The van der Waals surface area contributed by atoms with Crippen molar-refractivity contribution in [2.45, 2.75) is 6.92 Å². The first-order chi connectivity index (χ1) is 15.4. The summed E-state index contributed by atoms with van der Waals surface area (Å²) in [5, 5.41) is 9.72. The average molecular weight is 456 g/mol. The Hall–Kier alpha value is -2.87. The molecule has 0 spiro atoms. The number of methoxy groups -OCH3 is 1. The Balaban J connectivity index is 1.74. The van der Waals surface area contributed by atoms with Gasteiger partial charge in [0.2, 0.25) is 0 Å². The minimum atomic E-state index is -0.368. The summed E-state index contributed by atoms with van der Waals surface area (Å²) in [5.41, 5.74) is 2.77. The molecule has 0 saturated carbocycles. The molecule has 0 atom stereocenters. The third kappa shape index (κ3) is 4.11. The van der Waals surface area contributed by atoms with Crippen molar-refractivity contribution in [3.63, 3.8) is 0 Å². The van der Waals surface area contributed by atoms with Crippen molar-refractivity contribution in [1.82, 2.24) is 9.80 Å². The van der Waals surface area contributed by atoms with Crippen LogP contribution >= 0.6 is 11.6 Å². The Morgan fingerprint density at radius 2 is 1.69 bits per heavy atom. The molecule has 4 rings (SSSR count). The Morgan fingerprint density at radius 3 is 2.28 bits per heavy atom. The number of piperazine rings is 1. The Kier molecular flexibility index (Phi) is 6.50. The number of amides is 2. The minimum absolute atomic E-state index is 0.0964. The second kappa shape index (κ2) is 9.32. The summed E-state index contributed by atoms with van der Waals surface area (Å²) in [6, 6.07) is 12.4. The highest BCUT2D eigenvalue weighted by atomic mass is 35.5. The van der Waals surface area contributed by atoms with Crippen molar-refractivity contribution in [3.05, 3.63) is 64.3 Å². The smallest absolute Gasteiger partial charge is 0.282 e. The summed E-state index contributed by atoms with van der Waals surface area (Å²) in [6.07, 6.45) is 0. The van der Waals surface area contributed by atoms with Crippen LogP contribution < -0.4 is 9.64 Å². The Bertz CT molecular complexity index is 1060. The third-order valence-corrected chi connectivity index (χ3v) is 6.36. The molecule has 8 heteroatoms. The van der Waals surface area contributed by atoms with E-state index >= 15 is 0 Å². The van der Waals surface area contributed by atoms with E-state index < -0.39 is 0 Å². The predicted molar refractivity (Wildman–Crippen MR) is 124 cm³/mol. The van der Waals surface area contributed by atoms with Gasteiger partial charge in [-0.15, -0.1) is 0 Å². The topological polar surface area (TPSA) is 73.3 Å². The number of aliphatic hydroxyl groups excluding tert-OH is 1. The molecule has 168 valence electrons. The second-order valence-electron chi connectivity index (χ2n) is 7.88. The Labute approximate surface area is 192 Å². The molecule has 1 N–H and O–H groups in total. The van der Waals surface area contributed by atoms with Gasteiger partial charge in [-0.2, -0.15) is 0 Å². The molecule has 2 heterocycles. The number of hydrogen-bond acceptors (Lipinski definition) is 6. The zero-order chi connectivity index (χ0) is 22.8. The van der Waals surface area contributed by atoms with Gasteiger partial charge in [-0.1, -0.05) is 29.8 Å². The maximum atomic E-state index is 13.6. The molecule has 1 saturated heterocycles. The van der Waals surface area contributed by atoms with Crippen molar-refractivity contribution < 1.29 is 19.4 Å². The summed E-state index contributed by atoms with van der Waals surface area (Å²) in [5.74, 6) is -0.0447. The van der Waals surface area contributed by atoms with E-state index in [1.165, 1.54) is 4.90 Å². The number of hydrogen-bond donors (Lipinski definition) is 1. The van der Waals surface area contributed by atoms with Crippen molar-refractivity contribution in [3.8, 4) is 5.75 Å². The highest BCUT2D eigenvalue weighted by Gasteiger charge is 2.43. The van der Waals surface area contributed by atoms with E-state index in [-0.39, 0.29) is 18.4 Å². The van der Waals surface area contributed by atoms with Gasteiger partial charge in [0, 0.05) is 37.7 Å². The molecule has 0 aliphatic carbocycles. The number of imide groups is 1. The lowest BCUT2D eigenvalue weighted by atomic mass is 10.0. The number of carbonyl (C=O) groups excluding carboxylic acids is 2. The van der Waals surface area contributed by atoms with Crippen LogP contribution in [0.2, 0.25) is 5.02 Å². The summed E-state index contributed by atoms with van der Waals surface area (Å²) in [6.45, 7) is 5.17.